The number of fused-ring (bicyclic) bond motifs is 1. The number of ether oxygens (including phenoxy) is 2. The number of nitrogens with zero attached hydrogens (tertiary/aromatic N) is 5. The van der Waals surface area contributed by atoms with E-state index in [2.05, 4.69) is 10.3 Å². The maximum Gasteiger partial charge on any atom is 0.409 e. The van der Waals surface area contributed by atoms with E-state index in [1.807, 2.05) is 19.9 Å². The summed E-state index contributed by atoms with van der Waals surface area (Å²) >= 11 is 0. The van der Waals surface area contributed by atoms with Gasteiger partial charge in [-0.05, 0) is 51.3 Å². The van der Waals surface area contributed by atoms with Crippen LogP contribution in [0, 0.1) is 6.92 Å². The summed E-state index contributed by atoms with van der Waals surface area (Å²) in [5.74, 6) is -3.01. The number of hydrogen-bond donors (Lipinski definition) is 2. The number of carboxylic acids is 1. The molecule has 1 aromatic heterocycles. The normalized spacial score (nSPS) is 16.9. The summed E-state index contributed by atoms with van der Waals surface area (Å²) < 4.78 is 11.0. The Morgan fingerprint density at radius 2 is 1.74 bits per heavy atom. The van der Waals surface area contributed by atoms with Gasteiger partial charge in [-0.25, -0.2) is 9.78 Å². The maximum absolute atomic E-state index is 13.5. The Balaban J connectivity index is 1.51. The molecule has 2 aromatic rings. The summed E-state index contributed by atoms with van der Waals surface area (Å²) in [5, 5.41) is 12.6. The Hall–Kier alpha value is -4.95. The van der Waals surface area contributed by atoms with Crippen LogP contribution in [0.1, 0.15) is 49.2 Å². The zero-order valence-corrected chi connectivity index (χ0v) is 27.2. The lowest BCUT2D eigenvalue weighted by Gasteiger charge is -2.35. The van der Waals surface area contributed by atoms with Crippen LogP contribution in [0.25, 0.3) is 10.9 Å². The lowest BCUT2D eigenvalue weighted by Crippen LogP contribution is -2.56. The number of pyridine rings is 1. The molecule has 2 N–H and O–H groups in total. The van der Waals surface area contributed by atoms with Crippen LogP contribution in [0.2, 0.25) is 0 Å². The number of carbonyl (C=O) groups excluding carboxylic acids is 5. The van der Waals surface area contributed by atoms with Gasteiger partial charge in [0.05, 0.1) is 18.5 Å². The molecule has 2 aliphatic heterocycles. The summed E-state index contributed by atoms with van der Waals surface area (Å²) in [4.78, 5) is 87.0. The fourth-order valence-electron chi connectivity index (χ4n) is 5.65. The zero-order chi connectivity index (χ0) is 34.2. The predicted octanol–water partition coefficient (Wildman–Crippen LogP) is 1.27. The van der Waals surface area contributed by atoms with E-state index in [0.29, 0.717) is 36.8 Å². The van der Waals surface area contributed by atoms with Gasteiger partial charge in [0.2, 0.25) is 11.8 Å². The Morgan fingerprint density at radius 3 is 2.40 bits per heavy atom. The van der Waals surface area contributed by atoms with Crippen molar-refractivity contribution in [3.63, 3.8) is 0 Å². The number of amides is 5. The lowest BCUT2D eigenvalue weighted by molar-refractivity contribution is -0.144. The number of aryl methyl sites for hydroxylation is 1. The highest BCUT2D eigenvalue weighted by Gasteiger charge is 2.36. The van der Waals surface area contributed by atoms with Crippen molar-refractivity contribution in [1.29, 1.82) is 0 Å². The van der Waals surface area contributed by atoms with Crippen LogP contribution in [0.4, 0.5) is 4.79 Å². The highest BCUT2D eigenvalue weighted by molar-refractivity contribution is 6.00. The van der Waals surface area contributed by atoms with Crippen LogP contribution in [0.5, 0.6) is 5.75 Å². The van der Waals surface area contributed by atoms with E-state index >= 15 is 0 Å². The third kappa shape index (κ3) is 8.45. The van der Waals surface area contributed by atoms with E-state index in [0.717, 1.165) is 5.56 Å². The minimum absolute atomic E-state index is 0.131. The smallest absolute Gasteiger partial charge is 0.409 e. The summed E-state index contributed by atoms with van der Waals surface area (Å²) in [6.07, 6.45) is 0.0910. The monoisotopic (exact) mass is 654 g/mol. The van der Waals surface area contributed by atoms with Gasteiger partial charge in [0.15, 0.2) is 6.61 Å². The van der Waals surface area contributed by atoms with Crippen LogP contribution in [0.15, 0.2) is 24.3 Å². The van der Waals surface area contributed by atoms with E-state index in [-0.39, 0.29) is 62.7 Å². The first-order valence-corrected chi connectivity index (χ1v) is 15.7. The molecule has 2 saturated heterocycles. The number of carboxylic acid groups (broad SMARTS) is 1. The number of benzene rings is 1. The quantitative estimate of drug-likeness (QED) is 0.358. The first kappa shape index (κ1) is 34.9. The molecule has 0 radical (unpaired) electrons. The fourth-order valence-corrected chi connectivity index (χ4v) is 5.65. The average Bonchev–Trinajstić information content (AvgIpc) is 3.55. The van der Waals surface area contributed by atoms with Crippen LogP contribution in [0.3, 0.4) is 0 Å². The van der Waals surface area contributed by atoms with Gasteiger partial charge in [0.1, 0.15) is 23.5 Å². The van der Waals surface area contributed by atoms with Crippen molar-refractivity contribution in [2.24, 2.45) is 0 Å². The predicted molar refractivity (Wildman–Crippen MR) is 169 cm³/mol. The highest BCUT2D eigenvalue weighted by atomic mass is 16.6. The van der Waals surface area contributed by atoms with Crippen molar-refractivity contribution in [3.05, 3.63) is 35.5 Å². The summed E-state index contributed by atoms with van der Waals surface area (Å²) in [5.41, 5.74) is 1.11. The SMILES string of the molecule is CCOC(=O)N1CCN(C(=O)C(CC(=O)O)NC(=O)c2cc(OCC(=O)N3CCCC3C(=O)N(C)CC)c3ccc(C)cc3n2)CC1. The largest absolute Gasteiger partial charge is 0.483 e. The molecule has 2 unspecified atom stereocenters. The van der Waals surface area contributed by atoms with Gasteiger partial charge in [-0.3, -0.25) is 24.0 Å². The number of carbonyl (C=O) groups is 6. The third-order valence-electron chi connectivity index (χ3n) is 8.32. The molecule has 15 heteroatoms. The molecule has 0 saturated carbocycles. The molecule has 5 amide bonds. The Kier molecular flexibility index (Phi) is 11.6. The van der Waals surface area contributed by atoms with E-state index in [1.165, 1.54) is 20.8 Å². The molecule has 2 atom stereocenters. The topological polar surface area (TPSA) is 179 Å². The van der Waals surface area contributed by atoms with Crippen molar-refractivity contribution in [3.8, 4) is 5.75 Å². The third-order valence-corrected chi connectivity index (χ3v) is 8.32. The lowest BCUT2D eigenvalue weighted by atomic mass is 10.1. The number of nitrogens with one attached hydrogen (secondary N) is 1. The van der Waals surface area contributed by atoms with Gasteiger partial charge in [0.25, 0.3) is 11.8 Å². The Bertz CT molecular complexity index is 1520. The average molecular weight is 655 g/mol. The number of aliphatic carboxylic acids is 1. The number of hydrogen-bond acceptors (Lipinski definition) is 9. The first-order valence-electron chi connectivity index (χ1n) is 15.7. The molecule has 0 spiro atoms. The molecule has 1 aromatic carbocycles. The van der Waals surface area contributed by atoms with Gasteiger partial charge in [-0.15, -0.1) is 0 Å². The van der Waals surface area contributed by atoms with Gasteiger partial charge in [0, 0.05) is 57.8 Å². The van der Waals surface area contributed by atoms with Crippen LogP contribution in [-0.4, -0.2) is 137 Å². The van der Waals surface area contributed by atoms with Gasteiger partial charge < -0.3 is 39.5 Å². The molecule has 2 fully saturated rings. The van der Waals surface area contributed by atoms with Crippen LogP contribution in [-0.2, 0) is 23.9 Å². The Labute approximate surface area is 272 Å². The molecule has 15 nitrogen and oxygen atoms in total. The molecule has 2 aliphatic rings. The van der Waals surface area contributed by atoms with Crippen LogP contribution >= 0.6 is 0 Å². The second-order valence-corrected chi connectivity index (χ2v) is 11.5. The van der Waals surface area contributed by atoms with Crippen LogP contribution < -0.4 is 10.1 Å². The standard InChI is InChI=1S/C32H42N6O9/c1-5-35(4)31(44)25-8-7-11-38(25)27(39)19-47-26-17-23(33-22-16-20(3)9-10-21(22)26)29(42)34-24(18-28(40)41)30(43)36-12-14-37(15-13-36)32(45)46-6-2/h9-10,16-17,24-25H,5-8,11-15,18-19H2,1-4H3,(H,34,42)(H,40,41). The number of aromatic nitrogens is 1. The minimum Gasteiger partial charge on any atom is -0.483 e. The minimum atomic E-state index is -1.40. The highest BCUT2D eigenvalue weighted by Crippen LogP contribution is 2.27. The van der Waals surface area contributed by atoms with E-state index in [4.69, 9.17) is 9.47 Å². The molecule has 4 rings (SSSR count). The molecule has 254 valence electrons. The summed E-state index contributed by atoms with van der Waals surface area (Å²) in [6.45, 7) is 6.86. The second kappa shape index (κ2) is 15.6. The van der Waals surface area contributed by atoms with Gasteiger partial charge in [-0.2, -0.15) is 0 Å². The van der Waals surface area contributed by atoms with Gasteiger partial charge >= 0.3 is 12.1 Å². The van der Waals surface area contributed by atoms with Crippen molar-refractivity contribution >= 4 is 46.6 Å². The van der Waals surface area contributed by atoms with Gasteiger partial charge in [-0.1, -0.05) is 6.07 Å². The molecular formula is C32H42N6O9. The number of likely N-dealkylation sites (tertiary alicyclic amines) is 1. The fraction of sp³-hybridized carbons (Fsp3) is 0.531. The number of rotatable bonds is 11. The molecule has 3 heterocycles. The Morgan fingerprint density at radius 1 is 1.04 bits per heavy atom. The second-order valence-electron chi connectivity index (χ2n) is 11.5. The summed E-state index contributed by atoms with van der Waals surface area (Å²) in [6, 6.07) is 4.70. The van der Waals surface area contributed by atoms with Crippen molar-refractivity contribution in [2.45, 2.75) is 52.1 Å². The number of likely N-dealkylation sites (N-methyl/N-ethyl adjacent to an activating group) is 1. The van der Waals surface area contributed by atoms with E-state index in [1.54, 1.807) is 31.0 Å². The maximum atomic E-state index is 13.5. The molecule has 47 heavy (non-hydrogen) atoms. The molecular weight excluding hydrogens is 612 g/mol. The number of piperazine rings is 1. The van der Waals surface area contributed by atoms with Crippen molar-refractivity contribution < 1.29 is 43.3 Å². The summed E-state index contributed by atoms with van der Waals surface area (Å²) in [7, 11) is 1.69. The molecule has 0 aliphatic carbocycles. The zero-order valence-electron chi connectivity index (χ0n) is 27.2. The van der Waals surface area contributed by atoms with Crippen molar-refractivity contribution in [1.82, 2.24) is 29.9 Å². The molecule has 0 bridgehead atoms. The van der Waals surface area contributed by atoms with E-state index < -0.39 is 42.4 Å². The van der Waals surface area contributed by atoms with E-state index in [9.17, 15) is 33.9 Å². The first-order chi connectivity index (χ1) is 22.4. The van der Waals surface area contributed by atoms with Crippen molar-refractivity contribution in [2.75, 3.05) is 59.5 Å².